The van der Waals surface area contributed by atoms with E-state index in [0.717, 1.165) is 53.0 Å². The number of methoxy groups -OCH3 is 2. The molecule has 81 heavy (non-hydrogen) atoms. The number of halogens is 2. The first-order valence-corrected chi connectivity index (χ1v) is 26.6. The van der Waals surface area contributed by atoms with Crippen LogP contribution in [0.15, 0.2) is 106 Å². The zero-order chi connectivity index (χ0) is 56.1. The van der Waals surface area contributed by atoms with Crippen molar-refractivity contribution in [3.05, 3.63) is 120 Å². The number of carboxylic acids is 1. The van der Waals surface area contributed by atoms with Gasteiger partial charge < -0.3 is 53.7 Å². The number of aromatic nitrogens is 4. The van der Waals surface area contributed by atoms with Gasteiger partial charge in [-0.2, -0.15) is 10.5 Å². The van der Waals surface area contributed by atoms with Gasteiger partial charge in [0.05, 0.1) is 74.3 Å². The number of nitrogens with zero attached hydrogens (tertiary/aromatic N) is 8. The minimum atomic E-state index is -1.16. The number of pyridine rings is 4. The molecule has 6 aliphatic rings. The van der Waals surface area contributed by atoms with Crippen molar-refractivity contribution in [2.75, 3.05) is 76.6 Å². The smallest absolute Gasteiger partial charge is 0.354 e. The lowest BCUT2D eigenvalue weighted by Crippen LogP contribution is -2.30. The predicted octanol–water partition coefficient (Wildman–Crippen LogP) is 8.63. The maximum atomic E-state index is 13.8. The van der Waals surface area contributed by atoms with Crippen LogP contribution < -0.4 is 30.3 Å². The van der Waals surface area contributed by atoms with Crippen LogP contribution in [-0.2, 0) is 9.47 Å². The third-order valence-corrected chi connectivity index (χ3v) is 16.0. The molecule has 2 aliphatic carbocycles. The molecule has 19 nitrogen and oxygen atoms in total. The topological polar surface area (TPSA) is 261 Å². The number of carbonyl (C=O) groups excluding carboxylic acids is 1. The average Bonchev–Trinajstić information content (AvgIpc) is 4.29. The summed E-state index contributed by atoms with van der Waals surface area (Å²) in [5.74, 6) is 2.52. The van der Waals surface area contributed by atoms with Gasteiger partial charge in [-0.3, -0.25) is 19.7 Å². The molecule has 6 aromatic heterocycles. The van der Waals surface area contributed by atoms with Crippen molar-refractivity contribution >= 4 is 45.5 Å². The highest BCUT2D eigenvalue weighted by molar-refractivity contribution is 5.96. The number of ether oxygens (including phenoxy) is 4. The third-order valence-electron chi connectivity index (χ3n) is 16.0. The maximum absolute atomic E-state index is 13.8. The zero-order valence-electron chi connectivity index (χ0n) is 44.1. The van der Waals surface area contributed by atoms with E-state index in [1.165, 1.54) is 26.5 Å². The highest BCUT2D eigenvalue weighted by Gasteiger charge is 2.55. The highest BCUT2D eigenvalue weighted by Crippen LogP contribution is 2.45. The van der Waals surface area contributed by atoms with E-state index in [0.29, 0.717) is 137 Å². The molecule has 10 heterocycles. The SMILES string of the molecule is COc1cc(C(=O)NC2C3COCC32)ncc1-c1cc2nccc(-c3ccc(N4CC[C@@H](F)C4)c(C#N)c3)c2o1.COc1cc(C(=O)O)ncc1-c1cc2nccc(-c3ccc(N4CC[C@@H](F)C4)c(C#N)c3)c2o1.NC1C2COCC12. The van der Waals surface area contributed by atoms with E-state index in [-0.39, 0.29) is 29.9 Å². The molecule has 14 rings (SSSR count). The van der Waals surface area contributed by atoms with E-state index in [9.17, 15) is 34.0 Å². The largest absolute Gasteiger partial charge is 0.496 e. The number of furan rings is 2. The average molecular weight is 1100 g/mol. The van der Waals surface area contributed by atoms with Gasteiger partial charge in [-0.25, -0.2) is 18.6 Å². The molecular formula is C60H54F2N10O9. The molecular weight excluding hydrogens is 1040 g/mol. The summed E-state index contributed by atoms with van der Waals surface area (Å²) in [6.07, 6.45) is 5.45. The number of hydrogen-bond donors (Lipinski definition) is 3. The van der Waals surface area contributed by atoms with E-state index < -0.39 is 18.3 Å². The van der Waals surface area contributed by atoms with Crippen LogP contribution in [0.1, 0.15) is 44.9 Å². The predicted molar refractivity (Wildman–Crippen MR) is 293 cm³/mol. The molecule has 4 N–H and O–H groups in total. The number of benzene rings is 2. The van der Waals surface area contributed by atoms with Gasteiger partial charge in [0.1, 0.15) is 64.2 Å². The summed E-state index contributed by atoms with van der Waals surface area (Å²) in [5, 5.41) is 31.8. The van der Waals surface area contributed by atoms with Gasteiger partial charge in [0.25, 0.3) is 5.91 Å². The van der Waals surface area contributed by atoms with Crippen LogP contribution in [-0.4, -0.2) is 128 Å². The third kappa shape index (κ3) is 10.3. The quantitative estimate of drug-likeness (QED) is 0.109. The number of fused-ring (bicyclic) bond motifs is 4. The Morgan fingerprint density at radius 3 is 1.54 bits per heavy atom. The fraction of sp³-hybridized carbons (Fsp3) is 0.333. The summed E-state index contributed by atoms with van der Waals surface area (Å²) >= 11 is 0. The van der Waals surface area contributed by atoms with Crippen LogP contribution in [0.4, 0.5) is 20.2 Å². The van der Waals surface area contributed by atoms with E-state index in [1.54, 1.807) is 55.0 Å². The fourth-order valence-electron chi connectivity index (χ4n) is 11.4. The fourth-order valence-corrected chi connectivity index (χ4v) is 11.4. The van der Waals surface area contributed by atoms with Crippen molar-refractivity contribution in [1.29, 1.82) is 10.5 Å². The minimum Gasteiger partial charge on any atom is -0.496 e. The summed E-state index contributed by atoms with van der Waals surface area (Å²) in [6.45, 7) is 4.96. The van der Waals surface area contributed by atoms with Gasteiger partial charge in [0, 0.05) is 122 Å². The number of carboxylic acid groups (broad SMARTS) is 1. The number of nitrogens with two attached hydrogens (primary N) is 1. The number of nitrogens with one attached hydrogen (secondary N) is 1. The number of amides is 1. The van der Waals surface area contributed by atoms with Crippen molar-refractivity contribution in [2.24, 2.45) is 29.4 Å². The van der Waals surface area contributed by atoms with Crippen LogP contribution in [0.2, 0.25) is 0 Å². The van der Waals surface area contributed by atoms with Crippen LogP contribution >= 0.6 is 0 Å². The number of carbonyl (C=O) groups is 2. The van der Waals surface area contributed by atoms with Crippen LogP contribution in [0.5, 0.6) is 11.5 Å². The molecule has 6 atom stereocenters. The Bertz CT molecular complexity index is 3820. The molecule has 21 heteroatoms. The van der Waals surface area contributed by atoms with E-state index in [1.807, 2.05) is 40.1 Å². The summed E-state index contributed by atoms with van der Waals surface area (Å²) in [7, 11) is 2.97. The maximum Gasteiger partial charge on any atom is 0.354 e. The van der Waals surface area contributed by atoms with Gasteiger partial charge in [0.2, 0.25) is 0 Å². The standard InChI is InChI=1S/C30H26FN5O4.C25H19FN4O4.C5H9NO/c1-38-26-10-24(30(37)35-28-21-14-39-15-22(21)28)34-12-20(26)27-9-23-29(40-27)19(4-6-33-23)16-2-3-25(17(8-16)11-32)36-7-5-18(31)13-36;1-33-22-10-20(25(31)32)29-12-18(22)23-9-19-24(34-23)17(4-6-28-19)14-2-3-21(15(8-14)11-27)30-7-5-16(26)13-30;6-5-3-1-7-2-4(3)5/h2-4,6,8-10,12,18,21-22,28H,5,7,13-15H2,1H3,(H,35,37);2-4,6,8-10,12,16H,5,7,13H2,1H3,(H,31,32);3-5H,1-2,6H2/t18-,21?,22?,28?;16-;/m11./s1. The second-order valence-corrected chi connectivity index (χ2v) is 20.9. The molecule has 8 aromatic rings. The molecule has 2 saturated carbocycles. The Balaban J connectivity index is 0.000000144. The molecule has 1 amide bonds. The number of nitriles is 2. The van der Waals surface area contributed by atoms with Crippen LogP contribution in [0, 0.1) is 46.3 Å². The van der Waals surface area contributed by atoms with Crippen molar-refractivity contribution < 1.29 is 51.3 Å². The first kappa shape index (κ1) is 52.7. The Morgan fingerprint density at radius 2 is 1.12 bits per heavy atom. The molecule has 0 spiro atoms. The normalized spacial score (nSPS) is 22.9. The van der Waals surface area contributed by atoms with Gasteiger partial charge in [-0.05, 0) is 60.4 Å². The second kappa shape index (κ2) is 21.9. The van der Waals surface area contributed by atoms with E-state index in [4.69, 9.17) is 33.5 Å². The molecule has 4 saturated heterocycles. The Hall–Kier alpha value is -9.02. The molecule has 6 fully saturated rings. The Morgan fingerprint density at radius 1 is 0.654 bits per heavy atom. The number of aromatic carboxylic acids is 1. The lowest BCUT2D eigenvalue weighted by Gasteiger charge is -2.19. The molecule has 412 valence electrons. The van der Waals surface area contributed by atoms with Crippen molar-refractivity contribution in [3.63, 3.8) is 0 Å². The lowest BCUT2D eigenvalue weighted by atomic mass is 10.0. The van der Waals surface area contributed by atoms with Crippen LogP contribution in [0.3, 0.4) is 0 Å². The van der Waals surface area contributed by atoms with Gasteiger partial charge in [-0.1, -0.05) is 12.1 Å². The second-order valence-electron chi connectivity index (χ2n) is 20.9. The van der Waals surface area contributed by atoms with Crippen molar-refractivity contribution in [3.8, 4) is 68.5 Å². The van der Waals surface area contributed by atoms with Gasteiger partial charge in [-0.15, -0.1) is 0 Å². The number of anilines is 2. The first-order valence-electron chi connectivity index (χ1n) is 26.6. The van der Waals surface area contributed by atoms with Gasteiger partial charge >= 0.3 is 5.97 Å². The molecule has 0 radical (unpaired) electrons. The number of alkyl halides is 2. The van der Waals surface area contributed by atoms with E-state index >= 15 is 0 Å². The van der Waals surface area contributed by atoms with Crippen molar-refractivity contribution in [1.82, 2.24) is 25.3 Å². The lowest BCUT2D eigenvalue weighted by molar-refractivity contribution is 0.0689. The number of hydrogen-bond acceptors (Lipinski definition) is 17. The summed E-state index contributed by atoms with van der Waals surface area (Å²) < 4.78 is 61.3. The monoisotopic (exact) mass is 1100 g/mol. The Labute approximate surface area is 462 Å². The minimum absolute atomic E-state index is 0.139. The molecule has 4 unspecified atom stereocenters. The Kier molecular flexibility index (Phi) is 14.2. The molecule has 2 aromatic carbocycles. The summed E-state index contributed by atoms with van der Waals surface area (Å²) in [5.41, 5.74) is 14.5. The summed E-state index contributed by atoms with van der Waals surface area (Å²) in [6, 6.07) is 26.3. The van der Waals surface area contributed by atoms with Gasteiger partial charge in [0.15, 0.2) is 16.9 Å². The van der Waals surface area contributed by atoms with Crippen LogP contribution in [0.25, 0.3) is 67.1 Å². The zero-order valence-corrected chi connectivity index (χ0v) is 44.1. The summed E-state index contributed by atoms with van der Waals surface area (Å²) in [4.78, 5) is 45.1. The molecule has 4 aliphatic heterocycles. The first-order chi connectivity index (χ1) is 39.4. The number of rotatable bonds is 11. The van der Waals surface area contributed by atoms with Crippen molar-refractivity contribution in [2.45, 2.75) is 37.3 Å². The van der Waals surface area contributed by atoms with E-state index in [2.05, 4.69) is 37.4 Å². The molecule has 0 bridgehead atoms. The highest BCUT2D eigenvalue weighted by atomic mass is 19.1.